The summed E-state index contributed by atoms with van der Waals surface area (Å²) in [4.78, 5) is 0.423. The minimum absolute atomic E-state index is 0.423. The number of sulfone groups is 1. The van der Waals surface area contributed by atoms with Crippen LogP contribution in [0.4, 0.5) is 0 Å². The summed E-state index contributed by atoms with van der Waals surface area (Å²) in [6.45, 7) is 3.86. The zero-order valence-corrected chi connectivity index (χ0v) is 12.4. The second kappa shape index (κ2) is 4.88. The fourth-order valence-corrected chi connectivity index (χ4v) is 5.80. The van der Waals surface area contributed by atoms with Gasteiger partial charge in [-0.1, -0.05) is 36.4 Å². The molecule has 2 nitrogen and oxygen atoms in total. The summed E-state index contributed by atoms with van der Waals surface area (Å²) in [5, 5.41) is 0. The van der Waals surface area contributed by atoms with Crippen molar-refractivity contribution in [1.82, 2.24) is 0 Å². The minimum Gasteiger partial charge on any atom is -0.223 e. The van der Waals surface area contributed by atoms with Crippen LogP contribution in [-0.2, 0) is 9.84 Å². The van der Waals surface area contributed by atoms with Gasteiger partial charge in [-0.05, 0) is 49.7 Å². The topological polar surface area (TPSA) is 34.1 Å². The maximum Gasteiger partial charge on any atom is 0.187 e. The lowest BCUT2D eigenvalue weighted by Crippen LogP contribution is -2.34. The van der Waals surface area contributed by atoms with Crippen LogP contribution in [0.15, 0.2) is 60.0 Å². The molecule has 1 aromatic rings. The van der Waals surface area contributed by atoms with Crippen molar-refractivity contribution in [3.05, 3.63) is 55.1 Å². The highest BCUT2D eigenvalue weighted by Crippen LogP contribution is 2.51. The fraction of sp³-hybridized carbons (Fsp3) is 0.412. The lowest BCUT2D eigenvalue weighted by atomic mass is 9.86. The number of allylic oxidation sites excluding steroid dienone is 2. The van der Waals surface area contributed by atoms with Crippen molar-refractivity contribution in [2.75, 3.05) is 0 Å². The van der Waals surface area contributed by atoms with E-state index in [4.69, 9.17) is 0 Å². The normalized spacial score (nSPS) is 32.8. The number of hydrogen-bond acceptors (Lipinski definition) is 2. The zero-order valence-electron chi connectivity index (χ0n) is 11.5. The van der Waals surface area contributed by atoms with Gasteiger partial charge < -0.3 is 0 Å². The minimum atomic E-state index is -3.35. The summed E-state index contributed by atoms with van der Waals surface area (Å²) in [5.41, 5.74) is 0. The molecular formula is C17H20O2S. The Morgan fingerprint density at radius 1 is 1.05 bits per heavy atom. The van der Waals surface area contributed by atoms with Crippen molar-refractivity contribution in [1.29, 1.82) is 0 Å². The maximum absolute atomic E-state index is 13.0. The van der Waals surface area contributed by atoms with Crippen molar-refractivity contribution in [2.24, 2.45) is 11.8 Å². The third-order valence-corrected chi connectivity index (χ3v) is 7.35. The van der Waals surface area contributed by atoms with Gasteiger partial charge in [0, 0.05) is 0 Å². The largest absolute Gasteiger partial charge is 0.223 e. The molecule has 0 heterocycles. The number of rotatable bonds is 3. The molecule has 3 rings (SSSR count). The van der Waals surface area contributed by atoms with E-state index in [1.807, 2.05) is 6.07 Å². The summed E-state index contributed by atoms with van der Waals surface area (Å²) >= 11 is 0. The van der Waals surface area contributed by atoms with Crippen LogP contribution in [0.5, 0.6) is 0 Å². The van der Waals surface area contributed by atoms with Crippen LogP contribution in [0.25, 0.3) is 0 Å². The molecule has 1 saturated carbocycles. The Morgan fingerprint density at radius 3 is 2.10 bits per heavy atom. The van der Waals surface area contributed by atoms with E-state index in [1.54, 1.807) is 30.3 Å². The van der Waals surface area contributed by atoms with Gasteiger partial charge in [-0.3, -0.25) is 0 Å². The molecule has 0 N–H and O–H groups in total. The van der Waals surface area contributed by atoms with Crippen molar-refractivity contribution in [3.8, 4) is 0 Å². The summed E-state index contributed by atoms with van der Waals surface area (Å²) in [7, 11) is -3.35. The average molecular weight is 288 g/mol. The van der Waals surface area contributed by atoms with Gasteiger partial charge in [0.25, 0.3) is 0 Å². The summed E-state index contributed by atoms with van der Waals surface area (Å²) < 4.78 is 25.3. The Bertz CT molecular complexity index is 612. The van der Waals surface area contributed by atoms with Gasteiger partial charge in [0.2, 0.25) is 0 Å². The molecule has 1 unspecified atom stereocenters. The zero-order chi connectivity index (χ0) is 14.2. The predicted molar refractivity (Wildman–Crippen MR) is 81.1 cm³/mol. The van der Waals surface area contributed by atoms with Crippen molar-refractivity contribution >= 4 is 9.84 Å². The molecule has 20 heavy (non-hydrogen) atoms. The Morgan fingerprint density at radius 2 is 1.60 bits per heavy atom. The van der Waals surface area contributed by atoms with E-state index in [9.17, 15) is 8.42 Å². The van der Waals surface area contributed by atoms with Gasteiger partial charge in [-0.15, -0.1) is 6.58 Å². The molecule has 3 heteroatoms. The lowest BCUT2D eigenvalue weighted by Gasteiger charge is -2.25. The molecule has 106 valence electrons. The van der Waals surface area contributed by atoms with E-state index < -0.39 is 14.6 Å². The molecular weight excluding hydrogens is 268 g/mol. The van der Waals surface area contributed by atoms with Gasteiger partial charge >= 0.3 is 0 Å². The standard InChI is InChI=1S/C17H20O2S/c1-2-17(12-14-8-6-7-9-15(14)13-17)20(18,19)16-10-4-3-5-11-16/h2-7,10-11,14-15H,1,8-9,12-13H2/t14-,15+,17?. The number of benzene rings is 1. The molecule has 0 aliphatic heterocycles. The highest BCUT2D eigenvalue weighted by molar-refractivity contribution is 7.93. The van der Waals surface area contributed by atoms with Crippen molar-refractivity contribution < 1.29 is 8.42 Å². The Labute approximate surface area is 121 Å². The molecule has 2 aliphatic carbocycles. The van der Waals surface area contributed by atoms with E-state index >= 15 is 0 Å². The lowest BCUT2D eigenvalue weighted by molar-refractivity contribution is 0.380. The SMILES string of the molecule is C=CC1(S(=O)(=O)c2ccccc2)C[C@H]2CC=CC[C@H]2C1. The van der Waals surface area contributed by atoms with E-state index in [0.29, 0.717) is 29.6 Å². The van der Waals surface area contributed by atoms with Crippen LogP contribution in [0.3, 0.4) is 0 Å². The van der Waals surface area contributed by atoms with Gasteiger partial charge in [-0.2, -0.15) is 0 Å². The van der Waals surface area contributed by atoms with Gasteiger partial charge in [0.05, 0.1) is 9.64 Å². The summed E-state index contributed by atoms with van der Waals surface area (Å²) in [6, 6.07) is 8.81. The first-order valence-electron chi connectivity index (χ1n) is 7.17. The molecule has 2 aliphatic rings. The number of hydrogen-bond donors (Lipinski definition) is 0. The second-order valence-electron chi connectivity index (χ2n) is 5.96. The first kappa shape index (κ1) is 13.6. The predicted octanol–water partition coefficient (Wildman–Crippen LogP) is 3.76. The van der Waals surface area contributed by atoms with Crippen LogP contribution < -0.4 is 0 Å². The second-order valence-corrected chi connectivity index (χ2v) is 8.25. The van der Waals surface area contributed by atoms with Gasteiger partial charge in [-0.25, -0.2) is 8.42 Å². The Balaban J connectivity index is 2.01. The third kappa shape index (κ3) is 1.96. The quantitative estimate of drug-likeness (QED) is 0.794. The highest BCUT2D eigenvalue weighted by Gasteiger charge is 2.51. The summed E-state index contributed by atoms with van der Waals surface area (Å²) in [6.07, 6.45) is 9.50. The molecule has 0 spiro atoms. The highest BCUT2D eigenvalue weighted by atomic mass is 32.2. The van der Waals surface area contributed by atoms with E-state index in [0.717, 1.165) is 12.8 Å². The molecule has 0 bridgehead atoms. The fourth-order valence-electron chi connectivity index (χ4n) is 3.73. The first-order valence-corrected chi connectivity index (χ1v) is 8.66. The van der Waals surface area contributed by atoms with E-state index in [1.165, 1.54) is 0 Å². The van der Waals surface area contributed by atoms with Crippen molar-refractivity contribution in [2.45, 2.75) is 35.3 Å². The maximum atomic E-state index is 13.0. The van der Waals surface area contributed by atoms with Crippen LogP contribution in [0.2, 0.25) is 0 Å². The van der Waals surface area contributed by atoms with E-state index in [-0.39, 0.29) is 0 Å². The first-order chi connectivity index (χ1) is 9.59. The van der Waals surface area contributed by atoms with Crippen molar-refractivity contribution in [3.63, 3.8) is 0 Å². The van der Waals surface area contributed by atoms with E-state index in [2.05, 4.69) is 18.7 Å². The smallest absolute Gasteiger partial charge is 0.187 e. The van der Waals surface area contributed by atoms with Crippen LogP contribution in [0, 0.1) is 11.8 Å². The monoisotopic (exact) mass is 288 g/mol. The third-order valence-electron chi connectivity index (χ3n) is 4.89. The number of fused-ring (bicyclic) bond motifs is 1. The molecule has 0 amide bonds. The van der Waals surface area contributed by atoms with Crippen LogP contribution >= 0.6 is 0 Å². The molecule has 0 radical (unpaired) electrons. The summed E-state index contributed by atoms with van der Waals surface area (Å²) in [5.74, 6) is 0.966. The molecule has 0 aromatic heterocycles. The van der Waals surface area contributed by atoms with Gasteiger partial charge in [0.1, 0.15) is 0 Å². The molecule has 3 atom stereocenters. The Kier molecular flexibility index (Phi) is 3.33. The average Bonchev–Trinajstić information content (AvgIpc) is 2.88. The van der Waals surface area contributed by atoms with Gasteiger partial charge in [0.15, 0.2) is 9.84 Å². The molecule has 1 aromatic carbocycles. The van der Waals surface area contributed by atoms with Crippen LogP contribution in [-0.4, -0.2) is 13.2 Å². The molecule has 0 saturated heterocycles. The Hall–Kier alpha value is -1.35. The van der Waals surface area contributed by atoms with Crippen LogP contribution in [0.1, 0.15) is 25.7 Å². The molecule has 1 fully saturated rings.